The molecule has 0 unspecified atom stereocenters. The average Bonchev–Trinajstić information content (AvgIpc) is 2.70. The van der Waals surface area contributed by atoms with Crippen molar-refractivity contribution >= 4 is 45.5 Å². The summed E-state index contributed by atoms with van der Waals surface area (Å²) in [5.74, 6) is -0.252. The van der Waals surface area contributed by atoms with Crippen LogP contribution >= 0.6 is 23.2 Å². The monoisotopic (exact) mass is 440 g/mol. The van der Waals surface area contributed by atoms with E-state index in [1.165, 1.54) is 19.2 Å². The fraction of sp³-hybridized carbons (Fsp3) is 0.333. The predicted octanol–water partition coefficient (Wildman–Crippen LogP) is 1.64. The summed E-state index contributed by atoms with van der Waals surface area (Å²) < 4.78 is 0. The van der Waals surface area contributed by atoms with Crippen LogP contribution in [0.15, 0.2) is 50.6 Å². The Morgan fingerprint density at radius 2 is 1.07 bits per heavy atom. The fourth-order valence-corrected chi connectivity index (χ4v) is 0.348. The van der Waals surface area contributed by atoms with Gasteiger partial charge in [0.2, 0.25) is 22.3 Å². The number of carbonyl (C=O) groups is 4. The molecule has 2 amide bonds. The number of rotatable bonds is 5. The highest BCUT2D eigenvalue weighted by Gasteiger charge is 1.83. The summed E-state index contributed by atoms with van der Waals surface area (Å²) >= 11 is 9.41. The Morgan fingerprint density at radius 3 is 1.11 bits per heavy atom. The smallest absolute Gasteiger partial charge is 0.244 e. The Bertz CT molecular complexity index is 425. The lowest BCUT2D eigenvalue weighted by molar-refractivity contribution is -0.117. The van der Waals surface area contributed by atoms with Crippen LogP contribution in [0, 0.1) is 0 Å². The summed E-state index contributed by atoms with van der Waals surface area (Å²) in [4.78, 5) is 39.1. The molecule has 0 aromatic heterocycles. The van der Waals surface area contributed by atoms with Gasteiger partial charge in [-0.3, -0.25) is 19.2 Å². The van der Waals surface area contributed by atoms with E-state index in [0.29, 0.717) is 6.54 Å². The van der Waals surface area contributed by atoms with Crippen LogP contribution in [-0.4, -0.2) is 49.5 Å². The molecule has 0 fully saturated rings. The lowest BCUT2D eigenvalue weighted by atomic mass is 10.6. The van der Waals surface area contributed by atoms with E-state index in [9.17, 15) is 19.2 Å². The number of nitrogens with one attached hydrogen (secondary N) is 2. The second kappa shape index (κ2) is 44.3. The standard InChI is InChI=1S/C5H9NO.C4H7NO.2C3H3ClO.C2H7N.CH5N/c1-3-5(7)6-4-2;1-3-4(6)5-2;2*1-2-3(4)5;1-2-3;1-2/h3H,1,4H2,2H3,(H,6,7);3H,1H2,2H3,(H,5,6);2*2H,1H2;2-3H2,1H3;2H2,1H3. The molecule has 0 atom stereocenters. The van der Waals surface area contributed by atoms with E-state index in [4.69, 9.17) is 28.9 Å². The van der Waals surface area contributed by atoms with Gasteiger partial charge in [-0.25, -0.2) is 0 Å². The van der Waals surface area contributed by atoms with Gasteiger partial charge in [0, 0.05) is 13.6 Å². The van der Waals surface area contributed by atoms with Crippen LogP contribution in [0.1, 0.15) is 13.8 Å². The van der Waals surface area contributed by atoms with Crippen LogP contribution in [0.2, 0.25) is 0 Å². The summed E-state index contributed by atoms with van der Waals surface area (Å²) in [6.45, 7) is 17.8. The maximum absolute atomic E-state index is 10.2. The van der Waals surface area contributed by atoms with Gasteiger partial charge >= 0.3 is 0 Å². The molecule has 28 heavy (non-hydrogen) atoms. The van der Waals surface area contributed by atoms with Crippen LogP contribution in [0.5, 0.6) is 0 Å². The van der Waals surface area contributed by atoms with Crippen molar-refractivity contribution in [2.75, 3.05) is 27.2 Å². The number of nitrogens with two attached hydrogens (primary N) is 2. The first-order valence-electron chi connectivity index (χ1n) is 7.74. The molecule has 10 heteroatoms. The van der Waals surface area contributed by atoms with Gasteiger partial charge < -0.3 is 22.1 Å². The number of halogens is 2. The van der Waals surface area contributed by atoms with Crippen LogP contribution in [0.25, 0.3) is 0 Å². The maximum atomic E-state index is 10.2. The quantitative estimate of drug-likeness (QED) is 0.377. The summed E-state index contributed by atoms with van der Waals surface area (Å²) in [5, 5.41) is 3.88. The van der Waals surface area contributed by atoms with Crippen molar-refractivity contribution in [2.45, 2.75) is 13.8 Å². The Hall–Kier alpha value is -2.26. The molecule has 164 valence electrons. The zero-order valence-electron chi connectivity index (χ0n) is 17.1. The highest BCUT2D eigenvalue weighted by Crippen LogP contribution is 1.74. The summed E-state index contributed by atoms with van der Waals surface area (Å²) in [7, 11) is 3.06. The van der Waals surface area contributed by atoms with Gasteiger partial charge in [-0.2, -0.15) is 0 Å². The van der Waals surface area contributed by atoms with Crippen molar-refractivity contribution in [3.05, 3.63) is 50.6 Å². The Labute approximate surface area is 178 Å². The topological polar surface area (TPSA) is 144 Å². The van der Waals surface area contributed by atoms with E-state index in [-0.39, 0.29) is 11.8 Å². The normalized spacial score (nSPS) is 6.57. The molecule has 0 aromatic rings. The van der Waals surface area contributed by atoms with Gasteiger partial charge in [-0.15, -0.1) is 0 Å². The van der Waals surface area contributed by atoms with E-state index in [1.807, 2.05) is 13.8 Å². The van der Waals surface area contributed by atoms with Gasteiger partial charge in [0.1, 0.15) is 0 Å². The molecule has 0 radical (unpaired) electrons. The molecule has 0 saturated heterocycles. The van der Waals surface area contributed by atoms with Crippen LogP contribution in [0.3, 0.4) is 0 Å². The van der Waals surface area contributed by atoms with Crippen molar-refractivity contribution < 1.29 is 19.2 Å². The molecule has 0 saturated carbocycles. The Morgan fingerprint density at radius 1 is 0.821 bits per heavy atom. The molecular weight excluding hydrogens is 407 g/mol. The third-order valence-electron chi connectivity index (χ3n) is 1.29. The fourth-order valence-electron chi connectivity index (χ4n) is 0.348. The SMILES string of the molecule is C=CC(=O)Cl.C=CC(=O)Cl.C=CC(=O)NC.C=CC(=O)NCC.CCN.CN. The van der Waals surface area contributed by atoms with Gasteiger partial charge in [0.25, 0.3) is 0 Å². The Balaban J connectivity index is -0.0000000539. The molecule has 0 aliphatic heterocycles. The van der Waals surface area contributed by atoms with E-state index in [0.717, 1.165) is 18.7 Å². The highest BCUT2D eigenvalue weighted by atomic mass is 35.5. The van der Waals surface area contributed by atoms with Crippen LogP contribution in [0.4, 0.5) is 0 Å². The first kappa shape index (κ1) is 40.4. The van der Waals surface area contributed by atoms with Crippen molar-refractivity contribution in [3.8, 4) is 0 Å². The summed E-state index contributed by atoms with van der Waals surface area (Å²) in [6.07, 6.45) is 4.56. The predicted molar refractivity (Wildman–Crippen MR) is 120 cm³/mol. The number of amides is 2. The Kier molecular flexibility index (Phi) is 64.0. The molecule has 8 nitrogen and oxygen atoms in total. The van der Waals surface area contributed by atoms with Crippen molar-refractivity contribution in [2.24, 2.45) is 11.5 Å². The molecule has 0 aromatic carbocycles. The molecule has 0 bridgehead atoms. The lowest BCUT2D eigenvalue weighted by Gasteiger charge is -1.90. The molecule has 0 heterocycles. The zero-order valence-corrected chi connectivity index (χ0v) is 18.6. The molecule has 0 spiro atoms. The third kappa shape index (κ3) is 106. The molecule has 6 N–H and O–H groups in total. The number of carbonyl (C=O) groups excluding carboxylic acids is 4. The van der Waals surface area contributed by atoms with Crippen molar-refractivity contribution in [3.63, 3.8) is 0 Å². The number of hydrogen-bond donors (Lipinski definition) is 4. The maximum Gasteiger partial charge on any atom is 0.244 e. The van der Waals surface area contributed by atoms with E-state index in [1.54, 1.807) is 7.05 Å². The van der Waals surface area contributed by atoms with Crippen molar-refractivity contribution in [1.29, 1.82) is 0 Å². The molecule has 0 rings (SSSR count). The minimum Gasteiger partial charge on any atom is -0.356 e. The minimum atomic E-state index is -0.509. The van der Waals surface area contributed by atoms with Gasteiger partial charge in [-0.05, 0) is 68.0 Å². The minimum absolute atomic E-state index is 0.109. The highest BCUT2D eigenvalue weighted by molar-refractivity contribution is 6.66. The first-order chi connectivity index (χ1) is 13.1. The van der Waals surface area contributed by atoms with Crippen LogP contribution < -0.4 is 22.1 Å². The zero-order chi connectivity index (χ0) is 24.0. The number of likely N-dealkylation sites (N-methyl/N-ethyl adjacent to an activating group) is 2. The number of hydrogen-bond acceptors (Lipinski definition) is 6. The van der Waals surface area contributed by atoms with Gasteiger partial charge in [0.15, 0.2) is 0 Å². The van der Waals surface area contributed by atoms with Gasteiger partial charge in [-0.1, -0.05) is 33.2 Å². The van der Waals surface area contributed by atoms with Gasteiger partial charge in [0.05, 0.1) is 0 Å². The molecule has 0 aliphatic carbocycles. The second-order valence-electron chi connectivity index (χ2n) is 3.34. The molecule has 0 aliphatic rings. The van der Waals surface area contributed by atoms with Crippen LogP contribution in [-0.2, 0) is 19.2 Å². The van der Waals surface area contributed by atoms with E-state index in [2.05, 4.69) is 42.7 Å². The van der Waals surface area contributed by atoms with E-state index < -0.39 is 10.5 Å². The largest absolute Gasteiger partial charge is 0.356 e. The summed E-state index contributed by atoms with van der Waals surface area (Å²) in [5.41, 5.74) is 9.35. The average molecular weight is 441 g/mol. The summed E-state index contributed by atoms with van der Waals surface area (Å²) in [6, 6.07) is 0. The number of allylic oxidation sites excluding steroid dienone is 2. The third-order valence-corrected chi connectivity index (χ3v) is 1.60. The first-order valence-corrected chi connectivity index (χ1v) is 8.49. The van der Waals surface area contributed by atoms with E-state index >= 15 is 0 Å². The second-order valence-corrected chi connectivity index (χ2v) is 4.09. The van der Waals surface area contributed by atoms with Crippen molar-refractivity contribution in [1.82, 2.24) is 10.6 Å². The lowest BCUT2D eigenvalue weighted by Crippen LogP contribution is -2.19. The molecular formula is C18H34Cl2N4O4.